The molecule has 0 aliphatic rings. The monoisotopic (exact) mass is 313 g/mol. The smallest absolute Gasteiger partial charge is 0.337 e. The van der Waals surface area contributed by atoms with Crippen LogP contribution in [-0.2, 0) is 22.6 Å². The van der Waals surface area contributed by atoms with E-state index in [1.54, 1.807) is 41.6 Å². The number of methoxy groups -OCH3 is 1. The van der Waals surface area contributed by atoms with Gasteiger partial charge in [0, 0.05) is 25.5 Å². The Labute approximate surface area is 134 Å². The van der Waals surface area contributed by atoms with Gasteiger partial charge >= 0.3 is 5.97 Å². The Morgan fingerprint density at radius 3 is 2.39 bits per heavy atom. The molecular formula is C17H19N3O3. The summed E-state index contributed by atoms with van der Waals surface area (Å²) in [6.45, 7) is 0.787. The average Bonchev–Trinajstić information content (AvgIpc) is 2.61. The first-order chi connectivity index (χ1) is 11.1. The second kappa shape index (κ2) is 8.05. The van der Waals surface area contributed by atoms with Gasteiger partial charge in [-0.15, -0.1) is 0 Å². The molecule has 1 heterocycles. The zero-order chi connectivity index (χ0) is 16.7. The Hall–Kier alpha value is -2.73. The number of pyridine rings is 1. The second-order valence-electron chi connectivity index (χ2n) is 5.00. The summed E-state index contributed by atoms with van der Waals surface area (Å²) in [4.78, 5) is 29.2. The average molecular weight is 313 g/mol. The number of benzene rings is 1. The van der Waals surface area contributed by atoms with Gasteiger partial charge in [-0.25, -0.2) is 4.79 Å². The number of amides is 1. The maximum Gasteiger partial charge on any atom is 0.337 e. The van der Waals surface area contributed by atoms with Crippen LogP contribution in [-0.4, -0.2) is 35.4 Å². The first-order valence-corrected chi connectivity index (χ1v) is 7.18. The van der Waals surface area contributed by atoms with Crippen molar-refractivity contribution in [2.45, 2.75) is 13.1 Å². The molecule has 6 nitrogen and oxygen atoms in total. The number of hydrogen-bond acceptors (Lipinski definition) is 5. The molecule has 0 radical (unpaired) electrons. The number of carbonyl (C=O) groups is 2. The topological polar surface area (TPSA) is 85.5 Å². The molecule has 2 aromatic rings. The molecule has 0 spiro atoms. The highest BCUT2D eigenvalue weighted by Crippen LogP contribution is 2.11. The molecule has 0 aliphatic heterocycles. The molecule has 1 aromatic heterocycles. The van der Waals surface area contributed by atoms with E-state index in [1.165, 1.54) is 7.11 Å². The van der Waals surface area contributed by atoms with Crippen molar-refractivity contribution in [2.24, 2.45) is 5.73 Å². The Kier molecular flexibility index (Phi) is 5.82. The van der Waals surface area contributed by atoms with Crippen LogP contribution < -0.4 is 5.73 Å². The summed E-state index contributed by atoms with van der Waals surface area (Å²) in [6, 6.07) is 10.7. The standard InChI is InChI=1S/C17H19N3O3/c1-23-17(22)15-6-4-13(5-7-15)11-20(16(21)9-18)12-14-3-2-8-19-10-14/h2-8,10H,9,11-12,18H2,1H3. The van der Waals surface area contributed by atoms with Gasteiger partial charge in [-0.3, -0.25) is 9.78 Å². The van der Waals surface area contributed by atoms with Gasteiger partial charge < -0.3 is 15.4 Å². The summed E-state index contributed by atoms with van der Waals surface area (Å²) in [7, 11) is 1.34. The molecule has 2 N–H and O–H groups in total. The first-order valence-electron chi connectivity index (χ1n) is 7.18. The summed E-state index contributed by atoms with van der Waals surface area (Å²) >= 11 is 0. The minimum Gasteiger partial charge on any atom is -0.465 e. The van der Waals surface area contributed by atoms with E-state index in [9.17, 15) is 9.59 Å². The van der Waals surface area contributed by atoms with Crippen molar-refractivity contribution in [1.82, 2.24) is 9.88 Å². The lowest BCUT2D eigenvalue weighted by atomic mass is 10.1. The number of nitrogens with two attached hydrogens (primary N) is 1. The summed E-state index contributed by atoms with van der Waals surface area (Å²) in [5, 5.41) is 0. The van der Waals surface area contributed by atoms with Crippen molar-refractivity contribution in [2.75, 3.05) is 13.7 Å². The Balaban J connectivity index is 2.11. The van der Waals surface area contributed by atoms with Crippen LogP contribution >= 0.6 is 0 Å². The molecular weight excluding hydrogens is 294 g/mol. The van der Waals surface area contributed by atoms with Crippen LogP contribution in [0.4, 0.5) is 0 Å². The van der Waals surface area contributed by atoms with E-state index in [2.05, 4.69) is 9.72 Å². The normalized spacial score (nSPS) is 10.2. The van der Waals surface area contributed by atoms with Crippen molar-refractivity contribution in [1.29, 1.82) is 0 Å². The van der Waals surface area contributed by atoms with Crippen molar-refractivity contribution in [3.05, 3.63) is 65.5 Å². The fourth-order valence-corrected chi connectivity index (χ4v) is 2.16. The molecule has 6 heteroatoms. The summed E-state index contributed by atoms with van der Waals surface area (Å²) in [6.07, 6.45) is 3.40. The largest absolute Gasteiger partial charge is 0.465 e. The van der Waals surface area contributed by atoms with Crippen LogP contribution in [0.1, 0.15) is 21.5 Å². The van der Waals surface area contributed by atoms with E-state index < -0.39 is 0 Å². The minimum atomic E-state index is -0.387. The first kappa shape index (κ1) is 16.6. The molecule has 0 fully saturated rings. The zero-order valence-corrected chi connectivity index (χ0v) is 12.9. The van der Waals surface area contributed by atoms with Gasteiger partial charge in [-0.05, 0) is 29.3 Å². The van der Waals surface area contributed by atoms with E-state index >= 15 is 0 Å². The maximum absolute atomic E-state index is 12.0. The highest BCUT2D eigenvalue weighted by atomic mass is 16.5. The molecule has 1 aromatic carbocycles. The molecule has 0 atom stereocenters. The third-order valence-corrected chi connectivity index (χ3v) is 3.37. The fourth-order valence-electron chi connectivity index (χ4n) is 2.16. The molecule has 0 aliphatic carbocycles. The second-order valence-corrected chi connectivity index (χ2v) is 5.00. The van der Waals surface area contributed by atoms with Crippen LogP contribution in [0, 0.1) is 0 Å². The number of esters is 1. The molecule has 0 saturated carbocycles. The molecule has 0 saturated heterocycles. The lowest BCUT2D eigenvalue weighted by molar-refractivity contribution is -0.130. The number of ether oxygens (including phenoxy) is 1. The van der Waals surface area contributed by atoms with E-state index in [1.807, 2.05) is 12.1 Å². The number of aromatic nitrogens is 1. The van der Waals surface area contributed by atoms with Gasteiger partial charge in [-0.2, -0.15) is 0 Å². The number of nitrogens with zero attached hydrogens (tertiary/aromatic N) is 2. The van der Waals surface area contributed by atoms with Gasteiger partial charge in [0.15, 0.2) is 0 Å². The Bertz CT molecular complexity index is 657. The van der Waals surface area contributed by atoms with E-state index in [-0.39, 0.29) is 18.4 Å². The van der Waals surface area contributed by atoms with E-state index in [0.717, 1.165) is 11.1 Å². The molecule has 0 unspecified atom stereocenters. The van der Waals surface area contributed by atoms with Crippen molar-refractivity contribution in [3.63, 3.8) is 0 Å². The van der Waals surface area contributed by atoms with E-state index in [0.29, 0.717) is 18.7 Å². The third kappa shape index (κ3) is 4.62. The number of carbonyl (C=O) groups excluding carboxylic acids is 2. The molecule has 0 bridgehead atoms. The lowest BCUT2D eigenvalue weighted by Gasteiger charge is -2.22. The SMILES string of the molecule is COC(=O)c1ccc(CN(Cc2cccnc2)C(=O)CN)cc1. The quantitative estimate of drug-likeness (QED) is 0.814. The fraction of sp³-hybridized carbons (Fsp3) is 0.235. The molecule has 23 heavy (non-hydrogen) atoms. The zero-order valence-electron chi connectivity index (χ0n) is 12.9. The van der Waals surface area contributed by atoms with Gasteiger partial charge in [-0.1, -0.05) is 18.2 Å². The summed E-state index contributed by atoms with van der Waals surface area (Å²) in [5.41, 5.74) is 7.80. The third-order valence-electron chi connectivity index (χ3n) is 3.37. The van der Waals surface area contributed by atoms with Crippen LogP contribution in [0.15, 0.2) is 48.8 Å². The van der Waals surface area contributed by atoms with Crippen molar-refractivity contribution in [3.8, 4) is 0 Å². The predicted molar refractivity (Wildman–Crippen MR) is 85.3 cm³/mol. The van der Waals surface area contributed by atoms with Crippen LogP contribution in [0.3, 0.4) is 0 Å². The molecule has 2 rings (SSSR count). The number of rotatable bonds is 6. The van der Waals surface area contributed by atoms with Crippen LogP contribution in [0.25, 0.3) is 0 Å². The highest BCUT2D eigenvalue weighted by Gasteiger charge is 2.14. The Morgan fingerprint density at radius 1 is 1.13 bits per heavy atom. The van der Waals surface area contributed by atoms with Gasteiger partial charge in [0.1, 0.15) is 0 Å². The minimum absolute atomic E-state index is 0.0551. The molecule has 1 amide bonds. The van der Waals surface area contributed by atoms with Crippen molar-refractivity contribution >= 4 is 11.9 Å². The van der Waals surface area contributed by atoms with Crippen LogP contribution in [0.2, 0.25) is 0 Å². The number of hydrogen-bond donors (Lipinski definition) is 1. The summed E-state index contributed by atoms with van der Waals surface area (Å²) < 4.78 is 4.66. The maximum atomic E-state index is 12.0. The van der Waals surface area contributed by atoms with Gasteiger partial charge in [0.2, 0.25) is 5.91 Å². The van der Waals surface area contributed by atoms with Gasteiger partial charge in [0.05, 0.1) is 19.2 Å². The van der Waals surface area contributed by atoms with Crippen molar-refractivity contribution < 1.29 is 14.3 Å². The van der Waals surface area contributed by atoms with E-state index in [4.69, 9.17) is 5.73 Å². The van der Waals surface area contributed by atoms with Crippen LogP contribution in [0.5, 0.6) is 0 Å². The lowest BCUT2D eigenvalue weighted by Crippen LogP contribution is -2.35. The molecule has 120 valence electrons. The summed E-state index contributed by atoms with van der Waals surface area (Å²) in [5.74, 6) is -0.535. The van der Waals surface area contributed by atoms with Gasteiger partial charge in [0.25, 0.3) is 0 Å². The highest BCUT2D eigenvalue weighted by molar-refractivity contribution is 5.89. The predicted octanol–water partition coefficient (Wildman–Crippen LogP) is 1.36. The Morgan fingerprint density at radius 2 is 1.83 bits per heavy atom.